The number of amides is 1. The number of ether oxygens (including phenoxy) is 1. The summed E-state index contributed by atoms with van der Waals surface area (Å²) in [7, 11) is -3.57. The fourth-order valence-electron chi connectivity index (χ4n) is 3.54. The third kappa shape index (κ3) is 3.76. The van der Waals surface area contributed by atoms with Gasteiger partial charge < -0.3 is 10.1 Å². The quantitative estimate of drug-likeness (QED) is 0.876. The molecule has 0 unspecified atom stereocenters. The van der Waals surface area contributed by atoms with E-state index in [2.05, 4.69) is 5.32 Å². The Morgan fingerprint density at radius 2 is 1.81 bits per heavy atom. The fraction of sp³-hybridized carbons (Fsp3) is 0.350. The number of sulfonamides is 1. The SMILES string of the molecule is O=C(Nc1ccc(S(=O)(=O)N2CCc3ccccc3C2)cc1)[C@@H]1CCCO1. The molecule has 1 N–H and O–H groups in total. The fourth-order valence-corrected chi connectivity index (χ4v) is 4.96. The second-order valence-electron chi connectivity index (χ2n) is 6.87. The molecule has 142 valence electrons. The van der Waals surface area contributed by atoms with Gasteiger partial charge in [0.2, 0.25) is 10.0 Å². The van der Waals surface area contributed by atoms with Crippen molar-refractivity contribution in [1.29, 1.82) is 0 Å². The first kappa shape index (κ1) is 18.2. The van der Waals surface area contributed by atoms with Crippen molar-refractivity contribution >= 4 is 21.6 Å². The van der Waals surface area contributed by atoms with E-state index in [1.165, 1.54) is 9.87 Å². The van der Waals surface area contributed by atoms with Crippen molar-refractivity contribution in [1.82, 2.24) is 4.31 Å². The molecular weight excluding hydrogens is 364 g/mol. The van der Waals surface area contributed by atoms with Gasteiger partial charge in [0.05, 0.1) is 4.90 Å². The smallest absolute Gasteiger partial charge is 0.253 e. The van der Waals surface area contributed by atoms with Crippen LogP contribution in [0.2, 0.25) is 0 Å². The molecule has 2 aromatic rings. The highest BCUT2D eigenvalue weighted by Crippen LogP contribution is 2.26. The molecule has 0 spiro atoms. The Morgan fingerprint density at radius 1 is 1.07 bits per heavy atom. The third-order valence-electron chi connectivity index (χ3n) is 5.08. The lowest BCUT2D eigenvalue weighted by atomic mass is 10.0. The van der Waals surface area contributed by atoms with Crippen molar-refractivity contribution in [2.45, 2.75) is 36.8 Å². The maximum Gasteiger partial charge on any atom is 0.253 e. The van der Waals surface area contributed by atoms with Crippen molar-refractivity contribution in [2.75, 3.05) is 18.5 Å². The first-order valence-corrected chi connectivity index (χ1v) is 10.6. The molecule has 1 fully saturated rings. The van der Waals surface area contributed by atoms with Crippen molar-refractivity contribution < 1.29 is 17.9 Å². The minimum Gasteiger partial charge on any atom is -0.368 e. The first-order chi connectivity index (χ1) is 13.0. The molecule has 2 aromatic carbocycles. The largest absolute Gasteiger partial charge is 0.368 e. The highest BCUT2D eigenvalue weighted by Gasteiger charge is 2.28. The zero-order valence-corrected chi connectivity index (χ0v) is 15.7. The molecule has 1 amide bonds. The average molecular weight is 386 g/mol. The maximum atomic E-state index is 13.0. The molecule has 2 heterocycles. The van der Waals surface area contributed by atoms with Crippen LogP contribution in [-0.2, 0) is 32.5 Å². The van der Waals surface area contributed by atoms with Crippen molar-refractivity contribution in [3.8, 4) is 0 Å². The lowest BCUT2D eigenvalue weighted by molar-refractivity contribution is -0.124. The number of hydrogen-bond acceptors (Lipinski definition) is 4. The van der Waals surface area contributed by atoms with Gasteiger partial charge in [0.15, 0.2) is 0 Å². The Labute approximate surface area is 159 Å². The molecule has 0 saturated carbocycles. The zero-order chi connectivity index (χ0) is 18.9. The number of rotatable bonds is 4. The van der Waals surface area contributed by atoms with Gasteiger partial charge >= 0.3 is 0 Å². The van der Waals surface area contributed by atoms with Gasteiger partial charge in [0.1, 0.15) is 6.10 Å². The topological polar surface area (TPSA) is 75.7 Å². The molecule has 0 bridgehead atoms. The summed E-state index contributed by atoms with van der Waals surface area (Å²) in [6.07, 6.45) is 1.90. The number of carbonyl (C=O) groups is 1. The summed E-state index contributed by atoms with van der Waals surface area (Å²) in [6.45, 7) is 1.46. The van der Waals surface area contributed by atoms with Crippen LogP contribution in [0.15, 0.2) is 53.4 Å². The number of benzene rings is 2. The summed E-state index contributed by atoms with van der Waals surface area (Å²) in [5.41, 5.74) is 2.82. The lowest BCUT2D eigenvalue weighted by Crippen LogP contribution is -2.35. The second kappa shape index (κ2) is 7.42. The number of nitrogens with zero attached hydrogens (tertiary/aromatic N) is 1. The van der Waals surface area contributed by atoms with Gasteiger partial charge in [-0.25, -0.2) is 8.42 Å². The highest BCUT2D eigenvalue weighted by molar-refractivity contribution is 7.89. The molecule has 2 aliphatic heterocycles. The third-order valence-corrected chi connectivity index (χ3v) is 6.94. The summed E-state index contributed by atoms with van der Waals surface area (Å²) < 4.78 is 32.8. The van der Waals surface area contributed by atoms with Gasteiger partial charge in [-0.2, -0.15) is 4.31 Å². The molecule has 27 heavy (non-hydrogen) atoms. The van der Waals surface area contributed by atoms with E-state index < -0.39 is 16.1 Å². The molecular formula is C20H22N2O4S. The normalized spacial score (nSPS) is 20.2. The predicted octanol–water partition coefficient (Wildman–Crippen LogP) is 2.55. The van der Waals surface area contributed by atoms with E-state index >= 15 is 0 Å². The molecule has 4 rings (SSSR count). The van der Waals surface area contributed by atoms with E-state index in [0.717, 1.165) is 12.0 Å². The summed E-state index contributed by atoms with van der Waals surface area (Å²) in [6, 6.07) is 14.3. The van der Waals surface area contributed by atoms with Crippen LogP contribution in [-0.4, -0.2) is 37.9 Å². The van der Waals surface area contributed by atoms with Crippen LogP contribution < -0.4 is 5.32 Å². The Morgan fingerprint density at radius 3 is 2.52 bits per heavy atom. The first-order valence-electron chi connectivity index (χ1n) is 9.13. The number of hydrogen-bond donors (Lipinski definition) is 1. The van der Waals surface area contributed by atoms with E-state index in [1.54, 1.807) is 24.3 Å². The molecule has 0 aliphatic carbocycles. The molecule has 6 nitrogen and oxygen atoms in total. The minimum atomic E-state index is -3.57. The summed E-state index contributed by atoms with van der Waals surface area (Å²) in [5.74, 6) is -0.184. The van der Waals surface area contributed by atoms with E-state index in [4.69, 9.17) is 4.74 Å². The van der Waals surface area contributed by atoms with E-state index in [1.807, 2.05) is 24.3 Å². The van der Waals surface area contributed by atoms with Crippen molar-refractivity contribution in [2.24, 2.45) is 0 Å². The van der Waals surface area contributed by atoms with Gasteiger partial charge in [-0.1, -0.05) is 24.3 Å². The van der Waals surface area contributed by atoms with Gasteiger partial charge in [-0.3, -0.25) is 4.79 Å². The Kier molecular flexibility index (Phi) is 4.99. The van der Waals surface area contributed by atoms with Gasteiger partial charge in [0.25, 0.3) is 5.91 Å². The summed E-state index contributed by atoms with van der Waals surface area (Å²) >= 11 is 0. The average Bonchev–Trinajstić information content (AvgIpc) is 3.23. The zero-order valence-electron chi connectivity index (χ0n) is 14.9. The number of carbonyl (C=O) groups excluding carboxylic acids is 1. The van der Waals surface area contributed by atoms with Crippen molar-refractivity contribution in [3.05, 3.63) is 59.7 Å². The molecule has 2 aliphatic rings. The number of anilines is 1. The minimum absolute atomic E-state index is 0.184. The van der Waals surface area contributed by atoms with Crippen LogP contribution in [0.25, 0.3) is 0 Å². The molecule has 0 radical (unpaired) electrons. The van der Waals surface area contributed by atoms with Crippen molar-refractivity contribution in [3.63, 3.8) is 0 Å². The van der Waals surface area contributed by atoms with Crippen LogP contribution in [0.3, 0.4) is 0 Å². The van der Waals surface area contributed by atoms with Crippen LogP contribution in [0.4, 0.5) is 5.69 Å². The van der Waals surface area contributed by atoms with Crippen LogP contribution >= 0.6 is 0 Å². The highest BCUT2D eigenvalue weighted by atomic mass is 32.2. The lowest BCUT2D eigenvalue weighted by Gasteiger charge is -2.28. The molecule has 7 heteroatoms. The van der Waals surface area contributed by atoms with E-state index in [0.29, 0.717) is 38.2 Å². The monoisotopic (exact) mass is 386 g/mol. The van der Waals surface area contributed by atoms with Crippen LogP contribution in [0.5, 0.6) is 0 Å². The van der Waals surface area contributed by atoms with Gasteiger partial charge in [-0.05, 0) is 54.7 Å². The number of fused-ring (bicyclic) bond motifs is 1. The van der Waals surface area contributed by atoms with Crippen LogP contribution in [0, 0.1) is 0 Å². The van der Waals surface area contributed by atoms with E-state index in [-0.39, 0.29) is 10.8 Å². The second-order valence-corrected chi connectivity index (χ2v) is 8.81. The number of nitrogens with one attached hydrogen (secondary N) is 1. The van der Waals surface area contributed by atoms with Gasteiger partial charge in [-0.15, -0.1) is 0 Å². The summed E-state index contributed by atoms with van der Waals surface area (Å²) in [5, 5.41) is 2.78. The van der Waals surface area contributed by atoms with Gasteiger partial charge in [0, 0.05) is 25.4 Å². The molecule has 1 saturated heterocycles. The standard InChI is InChI=1S/C20H22N2O4S/c23-20(19-6-3-13-26-19)21-17-7-9-18(10-8-17)27(24,25)22-12-11-15-4-1-2-5-16(15)14-22/h1-2,4-5,7-10,19H,3,6,11-14H2,(H,21,23)/t19-/m0/s1. The Balaban J connectivity index is 1.47. The predicted molar refractivity (Wildman–Crippen MR) is 102 cm³/mol. The van der Waals surface area contributed by atoms with Crippen LogP contribution in [0.1, 0.15) is 24.0 Å². The molecule has 0 aromatic heterocycles. The Hall–Kier alpha value is -2.22. The Bertz CT molecular complexity index is 935. The maximum absolute atomic E-state index is 13.0. The van der Waals surface area contributed by atoms with E-state index in [9.17, 15) is 13.2 Å². The molecule has 1 atom stereocenters. The summed E-state index contributed by atoms with van der Waals surface area (Å²) in [4.78, 5) is 12.3.